The highest BCUT2D eigenvalue weighted by Gasteiger charge is 2.21. The van der Waals surface area contributed by atoms with Gasteiger partial charge in [-0.3, -0.25) is 4.90 Å². The number of hydrogen-bond donors (Lipinski definition) is 1. The molecule has 1 atom stereocenters. The van der Waals surface area contributed by atoms with Crippen molar-refractivity contribution in [1.82, 2.24) is 15.1 Å². The van der Waals surface area contributed by atoms with Crippen LogP contribution in [0.2, 0.25) is 0 Å². The van der Waals surface area contributed by atoms with E-state index in [1.165, 1.54) is 6.07 Å². The fourth-order valence-corrected chi connectivity index (χ4v) is 2.78. The number of nitrogens with one attached hydrogen (secondary N) is 1. The van der Waals surface area contributed by atoms with Crippen LogP contribution < -0.4 is 5.32 Å². The fraction of sp³-hybridized carbons (Fsp3) is 0.571. The summed E-state index contributed by atoms with van der Waals surface area (Å²) in [5.74, 6) is -0.148. The summed E-state index contributed by atoms with van der Waals surface area (Å²) in [6, 6.07) is 5.55. The second kappa shape index (κ2) is 6.79. The zero-order chi connectivity index (χ0) is 13.8. The smallest absolute Gasteiger partial charge is 0.127 e. The maximum Gasteiger partial charge on any atom is 0.127 e. The van der Waals surface area contributed by atoms with Gasteiger partial charge in [-0.05, 0) is 32.3 Å². The Kier molecular flexibility index (Phi) is 5.33. The highest BCUT2D eigenvalue weighted by Crippen LogP contribution is 2.15. The van der Waals surface area contributed by atoms with Crippen molar-refractivity contribution in [2.24, 2.45) is 0 Å². The monoisotopic (exact) mass is 329 g/mol. The minimum absolute atomic E-state index is 0.148. The lowest BCUT2D eigenvalue weighted by Gasteiger charge is -2.37. The molecule has 0 spiro atoms. The predicted molar refractivity (Wildman–Crippen MR) is 79.7 cm³/mol. The topological polar surface area (TPSA) is 18.5 Å². The van der Waals surface area contributed by atoms with E-state index in [1.807, 2.05) is 6.07 Å². The average molecular weight is 330 g/mol. The number of nitrogens with zero attached hydrogens (tertiary/aromatic N) is 2. The van der Waals surface area contributed by atoms with E-state index in [1.54, 1.807) is 6.07 Å². The van der Waals surface area contributed by atoms with Gasteiger partial charge in [-0.15, -0.1) is 0 Å². The van der Waals surface area contributed by atoms with E-state index < -0.39 is 0 Å². The normalized spacial score (nSPS) is 21.8. The Morgan fingerprint density at radius 3 is 2.95 bits per heavy atom. The van der Waals surface area contributed by atoms with Crippen LogP contribution in [-0.4, -0.2) is 56.1 Å². The van der Waals surface area contributed by atoms with Crippen LogP contribution in [0, 0.1) is 5.82 Å². The molecule has 1 aliphatic heterocycles. The molecule has 0 saturated carbocycles. The maximum atomic E-state index is 13.6. The standard InChI is InChI=1S/C14H21BrFN3/c1-18-5-6-19(2)13(10-18)9-17-8-11-7-12(15)3-4-14(11)16/h3-4,7,13,17H,5-6,8-10H2,1-2H3. The maximum absolute atomic E-state index is 13.6. The molecule has 1 saturated heterocycles. The van der Waals surface area contributed by atoms with Crippen LogP contribution in [0.3, 0.4) is 0 Å². The van der Waals surface area contributed by atoms with Crippen molar-refractivity contribution in [3.63, 3.8) is 0 Å². The third kappa shape index (κ3) is 4.24. The van der Waals surface area contributed by atoms with Gasteiger partial charge in [0.05, 0.1) is 0 Å². The van der Waals surface area contributed by atoms with Crippen LogP contribution in [0.4, 0.5) is 4.39 Å². The first-order valence-electron chi connectivity index (χ1n) is 6.59. The van der Waals surface area contributed by atoms with E-state index in [2.05, 4.69) is 45.1 Å². The van der Waals surface area contributed by atoms with Gasteiger partial charge in [-0.1, -0.05) is 15.9 Å². The van der Waals surface area contributed by atoms with E-state index in [-0.39, 0.29) is 5.82 Å². The van der Waals surface area contributed by atoms with Crippen molar-refractivity contribution in [3.8, 4) is 0 Å². The molecule has 1 N–H and O–H groups in total. The number of likely N-dealkylation sites (N-methyl/N-ethyl adjacent to an activating group) is 2. The number of piperazine rings is 1. The van der Waals surface area contributed by atoms with Crippen molar-refractivity contribution >= 4 is 15.9 Å². The molecule has 5 heteroatoms. The molecular weight excluding hydrogens is 309 g/mol. The number of benzene rings is 1. The van der Waals surface area contributed by atoms with Gasteiger partial charge in [-0.2, -0.15) is 0 Å². The Labute approximate surface area is 122 Å². The van der Waals surface area contributed by atoms with Crippen molar-refractivity contribution in [1.29, 1.82) is 0 Å². The molecular formula is C14H21BrFN3. The average Bonchev–Trinajstić information content (AvgIpc) is 2.38. The molecule has 0 bridgehead atoms. The van der Waals surface area contributed by atoms with Crippen molar-refractivity contribution in [2.45, 2.75) is 12.6 Å². The van der Waals surface area contributed by atoms with E-state index in [9.17, 15) is 4.39 Å². The number of hydrogen-bond acceptors (Lipinski definition) is 3. The van der Waals surface area contributed by atoms with E-state index in [4.69, 9.17) is 0 Å². The first-order chi connectivity index (χ1) is 9.06. The molecule has 0 aliphatic carbocycles. The summed E-state index contributed by atoms with van der Waals surface area (Å²) >= 11 is 3.37. The Hall–Kier alpha value is -0.490. The molecule has 1 heterocycles. The van der Waals surface area contributed by atoms with Crippen molar-refractivity contribution < 1.29 is 4.39 Å². The van der Waals surface area contributed by atoms with Gasteiger partial charge in [0.2, 0.25) is 0 Å². The summed E-state index contributed by atoms with van der Waals surface area (Å²) < 4.78 is 14.5. The Morgan fingerprint density at radius 2 is 2.16 bits per heavy atom. The molecule has 1 aromatic carbocycles. The van der Waals surface area contributed by atoms with Crippen LogP contribution in [0.25, 0.3) is 0 Å². The fourth-order valence-electron chi connectivity index (χ4n) is 2.37. The van der Waals surface area contributed by atoms with Crippen molar-refractivity contribution in [3.05, 3.63) is 34.1 Å². The molecule has 2 rings (SSSR count). The Morgan fingerprint density at radius 1 is 1.37 bits per heavy atom. The van der Waals surface area contributed by atoms with Crippen LogP contribution >= 0.6 is 15.9 Å². The van der Waals surface area contributed by atoms with Gasteiger partial charge in [0.15, 0.2) is 0 Å². The molecule has 1 fully saturated rings. The molecule has 1 aromatic rings. The summed E-state index contributed by atoms with van der Waals surface area (Å²) in [6.45, 7) is 4.72. The number of halogens is 2. The molecule has 1 aliphatic rings. The van der Waals surface area contributed by atoms with Crippen LogP contribution in [0.1, 0.15) is 5.56 Å². The van der Waals surface area contributed by atoms with Crippen molar-refractivity contribution in [2.75, 3.05) is 40.3 Å². The van der Waals surface area contributed by atoms with Crippen LogP contribution in [-0.2, 0) is 6.54 Å². The van der Waals surface area contributed by atoms with E-state index in [0.29, 0.717) is 18.2 Å². The highest BCUT2D eigenvalue weighted by molar-refractivity contribution is 9.10. The molecule has 3 nitrogen and oxygen atoms in total. The first kappa shape index (κ1) is 14.9. The van der Waals surface area contributed by atoms with Gasteiger partial charge in [0.1, 0.15) is 5.82 Å². The lowest BCUT2D eigenvalue weighted by atomic mass is 10.1. The zero-order valence-electron chi connectivity index (χ0n) is 11.5. The summed E-state index contributed by atoms with van der Waals surface area (Å²) in [6.07, 6.45) is 0. The lowest BCUT2D eigenvalue weighted by molar-refractivity contribution is 0.113. The zero-order valence-corrected chi connectivity index (χ0v) is 13.1. The second-order valence-electron chi connectivity index (χ2n) is 5.26. The minimum Gasteiger partial charge on any atom is -0.311 e. The SMILES string of the molecule is CN1CCN(C)C(CNCc2cc(Br)ccc2F)C1. The minimum atomic E-state index is -0.148. The van der Waals surface area contributed by atoms with Gasteiger partial charge >= 0.3 is 0 Å². The first-order valence-corrected chi connectivity index (χ1v) is 7.39. The molecule has 106 valence electrons. The molecule has 19 heavy (non-hydrogen) atoms. The molecule has 0 amide bonds. The summed E-state index contributed by atoms with van der Waals surface area (Å²) in [5, 5.41) is 3.36. The van der Waals surface area contributed by atoms with Gasteiger partial charge in [0.25, 0.3) is 0 Å². The quantitative estimate of drug-likeness (QED) is 0.910. The van der Waals surface area contributed by atoms with Gasteiger partial charge in [0, 0.05) is 48.8 Å². The third-order valence-corrected chi connectivity index (χ3v) is 4.18. The van der Waals surface area contributed by atoms with E-state index in [0.717, 1.165) is 30.7 Å². The third-order valence-electron chi connectivity index (χ3n) is 3.68. The summed E-state index contributed by atoms with van der Waals surface area (Å²) in [7, 11) is 4.30. The highest BCUT2D eigenvalue weighted by atomic mass is 79.9. The van der Waals surface area contributed by atoms with Gasteiger partial charge < -0.3 is 10.2 Å². The van der Waals surface area contributed by atoms with Gasteiger partial charge in [-0.25, -0.2) is 4.39 Å². The lowest BCUT2D eigenvalue weighted by Crippen LogP contribution is -2.53. The van der Waals surface area contributed by atoms with E-state index >= 15 is 0 Å². The number of rotatable bonds is 4. The Balaban J connectivity index is 1.84. The van der Waals surface area contributed by atoms with Crippen LogP contribution in [0.15, 0.2) is 22.7 Å². The molecule has 0 radical (unpaired) electrons. The molecule has 0 aromatic heterocycles. The summed E-state index contributed by atoms with van der Waals surface area (Å²) in [4.78, 5) is 4.70. The van der Waals surface area contributed by atoms with Crippen LogP contribution in [0.5, 0.6) is 0 Å². The summed E-state index contributed by atoms with van der Waals surface area (Å²) in [5.41, 5.74) is 0.709. The predicted octanol–water partition coefficient (Wildman–Crippen LogP) is 1.92. The second-order valence-corrected chi connectivity index (χ2v) is 6.18. The molecule has 1 unspecified atom stereocenters. The Bertz CT molecular complexity index is 427. The largest absolute Gasteiger partial charge is 0.311 e.